The highest BCUT2D eigenvalue weighted by Gasteiger charge is 2.36. The van der Waals surface area contributed by atoms with Crippen LogP contribution in [0.1, 0.15) is 19.4 Å². The van der Waals surface area contributed by atoms with Crippen LogP contribution >= 0.6 is 34.4 Å². The van der Waals surface area contributed by atoms with Crippen LogP contribution in [-0.2, 0) is 19.1 Å². The molecule has 1 aliphatic rings. The number of carbonyl (C=O) groups excluding carboxylic acids is 4. The lowest BCUT2D eigenvalue weighted by molar-refractivity contribution is -0.149. The van der Waals surface area contributed by atoms with E-state index in [1.165, 1.54) is 13.2 Å². The third kappa shape index (κ3) is 7.46. The van der Waals surface area contributed by atoms with Crippen molar-refractivity contribution in [1.29, 1.82) is 0 Å². The number of rotatable bonds is 9. The number of benzene rings is 2. The van der Waals surface area contributed by atoms with Crippen LogP contribution in [0.25, 0.3) is 6.08 Å². The first-order valence-corrected chi connectivity index (χ1v) is 12.4. The number of carbonyl (C=O) groups is 4. The summed E-state index contributed by atoms with van der Waals surface area (Å²) in [7, 11) is 1.44. The van der Waals surface area contributed by atoms with Gasteiger partial charge in [0.25, 0.3) is 11.1 Å². The van der Waals surface area contributed by atoms with Gasteiger partial charge in [0.05, 0.1) is 18.1 Å². The molecule has 0 saturated carbocycles. The summed E-state index contributed by atoms with van der Waals surface area (Å²) in [4.78, 5) is 50.3. The zero-order valence-electron chi connectivity index (χ0n) is 19.2. The molecular weight excluding hydrogens is 587 g/mol. The number of ether oxygens (including phenoxy) is 3. The van der Waals surface area contributed by atoms with Crippen molar-refractivity contribution in [2.24, 2.45) is 0 Å². The van der Waals surface area contributed by atoms with Gasteiger partial charge in [0.15, 0.2) is 18.1 Å². The Bertz CT molecular complexity index is 1160. The van der Waals surface area contributed by atoms with Crippen molar-refractivity contribution in [3.8, 4) is 11.5 Å². The highest BCUT2D eigenvalue weighted by atomic mass is 127. The fourth-order valence-electron chi connectivity index (χ4n) is 2.99. The van der Waals surface area contributed by atoms with Crippen LogP contribution in [-0.4, -0.2) is 54.3 Å². The molecule has 0 aliphatic carbocycles. The summed E-state index contributed by atoms with van der Waals surface area (Å²) in [6, 6.07) is 12.0. The zero-order chi connectivity index (χ0) is 25.5. The van der Waals surface area contributed by atoms with Crippen LogP contribution in [0.15, 0.2) is 47.4 Å². The largest absolute Gasteiger partial charge is 0.493 e. The van der Waals surface area contributed by atoms with Gasteiger partial charge in [-0.15, -0.1) is 0 Å². The van der Waals surface area contributed by atoms with E-state index < -0.39 is 29.6 Å². The minimum Gasteiger partial charge on any atom is -0.493 e. The van der Waals surface area contributed by atoms with E-state index in [1.807, 2.05) is 12.1 Å². The number of methoxy groups -OCH3 is 1. The van der Waals surface area contributed by atoms with Gasteiger partial charge in [-0.2, -0.15) is 0 Å². The number of thioether (sulfide) groups is 1. The van der Waals surface area contributed by atoms with E-state index in [-0.39, 0.29) is 17.6 Å². The van der Waals surface area contributed by atoms with Gasteiger partial charge >= 0.3 is 5.97 Å². The third-order valence-corrected chi connectivity index (χ3v) is 6.13. The number of amides is 3. The van der Waals surface area contributed by atoms with Crippen molar-refractivity contribution in [3.05, 3.63) is 56.5 Å². The third-order valence-electron chi connectivity index (χ3n) is 4.50. The van der Waals surface area contributed by atoms with Gasteiger partial charge in [-0.25, -0.2) is 4.79 Å². The van der Waals surface area contributed by atoms with Crippen LogP contribution in [0, 0.1) is 3.57 Å². The predicted octanol–water partition coefficient (Wildman–Crippen LogP) is 4.31. The molecule has 1 fully saturated rings. The molecule has 0 bridgehead atoms. The van der Waals surface area contributed by atoms with Crippen molar-refractivity contribution in [1.82, 2.24) is 4.90 Å². The molecule has 35 heavy (non-hydrogen) atoms. The molecular formula is C24H23IN2O7S. The second kappa shape index (κ2) is 12.1. The quantitative estimate of drug-likeness (QED) is 0.254. The Hall–Kier alpha value is -3.06. The lowest BCUT2D eigenvalue weighted by Gasteiger charge is -2.13. The van der Waals surface area contributed by atoms with E-state index in [1.54, 1.807) is 44.2 Å². The minimum absolute atomic E-state index is 0.174. The number of hydrogen-bond donors (Lipinski definition) is 1. The standard InChI is InChI=1S/C24H23IN2O7S/c1-14(2)34-22(29)13-33-18-9-4-15(10-19(18)32-3)11-20-23(30)27(24(31)35-20)12-21(28)26-17-7-5-16(25)6-8-17/h4-11,14H,12-13H2,1-3H3,(H,26,28)/b20-11-. The van der Waals surface area contributed by atoms with E-state index in [4.69, 9.17) is 14.2 Å². The number of anilines is 1. The number of imide groups is 1. The van der Waals surface area contributed by atoms with Gasteiger partial charge in [0.2, 0.25) is 5.91 Å². The summed E-state index contributed by atoms with van der Waals surface area (Å²) in [5.41, 5.74) is 1.15. The molecule has 0 spiro atoms. The summed E-state index contributed by atoms with van der Waals surface area (Å²) >= 11 is 2.90. The number of nitrogens with zero attached hydrogens (tertiary/aromatic N) is 1. The molecule has 0 radical (unpaired) electrons. The molecule has 1 saturated heterocycles. The molecule has 3 rings (SSSR count). The monoisotopic (exact) mass is 610 g/mol. The van der Waals surface area contributed by atoms with Crippen molar-refractivity contribution < 1.29 is 33.4 Å². The zero-order valence-corrected chi connectivity index (χ0v) is 22.2. The molecule has 0 atom stereocenters. The van der Waals surface area contributed by atoms with Crippen molar-refractivity contribution in [3.63, 3.8) is 0 Å². The van der Waals surface area contributed by atoms with Crippen molar-refractivity contribution >= 4 is 69.1 Å². The number of halogens is 1. The molecule has 1 heterocycles. The van der Waals surface area contributed by atoms with Gasteiger partial charge in [-0.1, -0.05) is 6.07 Å². The van der Waals surface area contributed by atoms with Crippen molar-refractivity contribution in [2.45, 2.75) is 20.0 Å². The maximum absolute atomic E-state index is 12.8. The number of nitrogens with one attached hydrogen (secondary N) is 1. The topological polar surface area (TPSA) is 111 Å². The number of hydrogen-bond acceptors (Lipinski definition) is 8. The van der Waals surface area contributed by atoms with E-state index in [0.29, 0.717) is 22.7 Å². The van der Waals surface area contributed by atoms with Crippen LogP contribution in [0.2, 0.25) is 0 Å². The summed E-state index contributed by atoms with van der Waals surface area (Å²) < 4.78 is 16.8. The van der Waals surface area contributed by atoms with Crippen LogP contribution < -0.4 is 14.8 Å². The minimum atomic E-state index is -0.562. The summed E-state index contributed by atoms with van der Waals surface area (Å²) in [5.74, 6) is -0.883. The Morgan fingerprint density at radius 3 is 2.49 bits per heavy atom. The summed E-state index contributed by atoms with van der Waals surface area (Å²) in [6.45, 7) is 2.81. The lowest BCUT2D eigenvalue weighted by atomic mass is 10.2. The lowest BCUT2D eigenvalue weighted by Crippen LogP contribution is -2.36. The highest BCUT2D eigenvalue weighted by molar-refractivity contribution is 14.1. The molecule has 1 aliphatic heterocycles. The van der Waals surface area contributed by atoms with Crippen LogP contribution in [0.5, 0.6) is 11.5 Å². The molecule has 184 valence electrons. The fourth-order valence-corrected chi connectivity index (χ4v) is 4.19. The molecule has 2 aromatic rings. The second-order valence-corrected chi connectivity index (χ2v) is 9.80. The molecule has 0 aromatic heterocycles. The van der Waals surface area contributed by atoms with Crippen molar-refractivity contribution in [2.75, 3.05) is 25.6 Å². The average Bonchev–Trinajstić information content (AvgIpc) is 3.06. The van der Waals surface area contributed by atoms with Gasteiger partial charge in [0, 0.05) is 9.26 Å². The van der Waals surface area contributed by atoms with Crippen LogP contribution in [0.3, 0.4) is 0 Å². The second-order valence-electron chi connectivity index (χ2n) is 7.56. The molecule has 2 aromatic carbocycles. The fraction of sp³-hybridized carbons (Fsp3) is 0.250. The molecule has 0 unspecified atom stereocenters. The van der Waals surface area contributed by atoms with E-state index >= 15 is 0 Å². The first kappa shape index (κ1) is 26.5. The Morgan fingerprint density at radius 2 is 1.83 bits per heavy atom. The van der Waals surface area contributed by atoms with Gasteiger partial charge in [0.1, 0.15) is 6.54 Å². The Kier molecular flexibility index (Phi) is 9.15. The maximum atomic E-state index is 12.8. The normalized spacial score (nSPS) is 14.4. The van der Waals surface area contributed by atoms with Gasteiger partial charge in [-0.05, 0) is 96.2 Å². The first-order valence-electron chi connectivity index (χ1n) is 10.5. The predicted molar refractivity (Wildman–Crippen MR) is 140 cm³/mol. The summed E-state index contributed by atoms with van der Waals surface area (Å²) in [6.07, 6.45) is 1.28. The van der Waals surface area contributed by atoms with Gasteiger partial charge < -0.3 is 19.5 Å². The van der Waals surface area contributed by atoms with Gasteiger partial charge in [-0.3, -0.25) is 19.3 Å². The average molecular weight is 610 g/mol. The molecule has 9 nitrogen and oxygen atoms in total. The first-order chi connectivity index (χ1) is 16.7. The molecule has 3 amide bonds. The maximum Gasteiger partial charge on any atom is 0.344 e. The highest BCUT2D eigenvalue weighted by Crippen LogP contribution is 2.34. The molecule has 11 heteroatoms. The molecule has 1 N–H and O–H groups in total. The Labute approximate surface area is 220 Å². The number of esters is 1. The van der Waals surface area contributed by atoms with E-state index in [2.05, 4.69) is 27.9 Å². The Balaban J connectivity index is 1.66. The van der Waals surface area contributed by atoms with E-state index in [0.717, 1.165) is 20.2 Å². The smallest absolute Gasteiger partial charge is 0.344 e. The summed E-state index contributed by atoms with van der Waals surface area (Å²) in [5, 5.41) is 2.14. The van der Waals surface area contributed by atoms with E-state index in [9.17, 15) is 19.2 Å². The SMILES string of the molecule is COc1cc(/C=C2\SC(=O)N(CC(=O)Nc3ccc(I)cc3)C2=O)ccc1OCC(=O)OC(C)C. The van der Waals surface area contributed by atoms with Crippen LogP contribution in [0.4, 0.5) is 10.5 Å². The Morgan fingerprint density at radius 1 is 1.11 bits per heavy atom.